The number of nitrogens with zero attached hydrogens (tertiary/aromatic N) is 1. The van der Waals surface area contributed by atoms with E-state index in [4.69, 9.17) is 4.42 Å². The second kappa shape index (κ2) is 15.9. The number of furan rings is 1. The Balaban J connectivity index is 0.894. The van der Waals surface area contributed by atoms with Crippen LogP contribution >= 0.6 is 11.3 Å². The predicted molar refractivity (Wildman–Crippen MR) is 307 cm³/mol. The Labute approximate surface area is 428 Å². The van der Waals surface area contributed by atoms with Crippen molar-refractivity contribution in [1.29, 1.82) is 0 Å². The molecular weight excluding hydrogens is 903 g/mol. The van der Waals surface area contributed by atoms with Gasteiger partial charge in [-0.05, 0) is 127 Å². The minimum atomic E-state index is -0.484. The fourth-order valence-electron chi connectivity index (χ4n) is 12.8. The second-order valence-electron chi connectivity index (χ2n) is 20.3. The number of hydrogen-bond donors (Lipinski definition) is 0. The molecule has 15 rings (SSSR count). The SMILES string of the molecule is CC1(C)c2cc(-c3cccc4c3sc3ccccc34)ccc2-c2ccc(N(c3ccc(-c4cccc5c4oc4ccccc45)cc3)c3ccc4c(c3)-c3ccccc3C4(c3ccccc3)c3ccccc3)cc21. The van der Waals surface area contributed by atoms with Gasteiger partial charge in [0.1, 0.15) is 11.2 Å². The van der Waals surface area contributed by atoms with Gasteiger partial charge in [-0.3, -0.25) is 0 Å². The van der Waals surface area contributed by atoms with E-state index < -0.39 is 5.41 Å². The maximum Gasteiger partial charge on any atom is 0.143 e. The van der Waals surface area contributed by atoms with E-state index in [9.17, 15) is 0 Å². The highest BCUT2D eigenvalue weighted by molar-refractivity contribution is 7.26. The molecule has 3 heteroatoms. The van der Waals surface area contributed by atoms with Crippen molar-refractivity contribution in [2.45, 2.75) is 24.7 Å². The minimum absolute atomic E-state index is 0.257. The molecule has 0 bridgehead atoms. The lowest BCUT2D eigenvalue weighted by atomic mass is 9.68. The maximum absolute atomic E-state index is 6.55. The summed E-state index contributed by atoms with van der Waals surface area (Å²) in [6.45, 7) is 4.81. The Bertz CT molecular complexity index is 4310. The molecule has 2 aromatic heterocycles. The largest absolute Gasteiger partial charge is 0.455 e. The summed E-state index contributed by atoms with van der Waals surface area (Å²) < 4.78 is 9.22. The van der Waals surface area contributed by atoms with Gasteiger partial charge in [0.05, 0.1) is 5.41 Å². The first-order chi connectivity index (χ1) is 35.9. The third kappa shape index (κ3) is 6.10. The Kier molecular flexibility index (Phi) is 9.12. The Morgan fingerprint density at radius 3 is 1.70 bits per heavy atom. The lowest BCUT2D eigenvalue weighted by Gasteiger charge is -2.34. The molecular formula is C70H47NOS. The second-order valence-corrected chi connectivity index (χ2v) is 21.4. The average Bonchev–Trinajstić information content (AvgIpc) is 4.22. The number of anilines is 3. The first kappa shape index (κ1) is 42.0. The van der Waals surface area contributed by atoms with Gasteiger partial charge in [-0.2, -0.15) is 0 Å². The van der Waals surface area contributed by atoms with Crippen LogP contribution < -0.4 is 4.90 Å². The molecule has 0 atom stereocenters. The van der Waals surface area contributed by atoms with Gasteiger partial charge in [-0.15, -0.1) is 11.3 Å². The average molecular weight is 950 g/mol. The number of rotatable bonds is 7. The van der Waals surface area contributed by atoms with Crippen LogP contribution in [0.4, 0.5) is 17.1 Å². The van der Waals surface area contributed by atoms with E-state index in [1.807, 2.05) is 17.4 Å². The molecule has 2 heterocycles. The van der Waals surface area contributed by atoms with Gasteiger partial charge in [0, 0.05) is 59.0 Å². The van der Waals surface area contributed by atoms with E-state index >= 15 is 0 Å². The monoisotopic (exact) mass is 949 g/mol. The summed E-state index contributed by atoms with van der Waals surface area (Å²) in [5.74, 6) is 0. The molecule has 0 unspecified atom stereocenters. The first-order valence-electron chi connectivity index (χ1n) is 25.3. The summed E-state index contributed by atoms with van der Waals surface area (Å²) in [6.07, 6.45) is 0. The number of benzene rings is 11. The van der Waals surface area contributed by atoms with Gasteiger partial charge in [-0.1, -0.05) is 208 Å². The zero-order chi connectivity index (χ0) is 48.4. The van der Waals surface area contributed by atoms with Crippen molar-refractivity contribution in [3.63, 3.8) is 0 Å². The summed E-state index contributed by atoms with van der Waals surface area (Å²) in [5, 5.41) is 4.92. The minimum Gasteiger partial charge on any atom is -0.455 e. The fourth-order valence-corrected chi connectivity index (χ4v) is 14.0. The molecule has 13 aromatic rings. The molecule has 0 fully saturated rings. The highest BCUT2D eigenvalue weighted by Crippen LogP contribution is 2.58. The van der Waals surface area contributed by atoms with Gasteiger partial charge in [0.2, 0.25) is 0 Å². The smallest absolute Gasteiger partial charge is 0.143 e. The van der Waals surface area contributed by atoms with Crippen LogP contribution in [0, 0.1) is 0 Å². The Morgan fingerprint density at radius 2 is 0.904 bits per heavy atom. The molecule has 0 N–H and O–H groups in total. The summed E-state index contributed by atoms with van der Waals surface area (Å²) in [7, 11) is 0. The van der Waals surface area contributed by atoms with Crippen molar-refractivity contribution >= 4 is 70.5 Å². The van der Waals surface area contributed by atoms with Crippen molar-refractivity contribution in [3.05, 3.63) is 282 Å². The molecule has 0 spiro atoms. The van der Waals surface area contributed by atoms with E-state index in [0.29, 0.717) is 0 Å². The fraction of sp³-hybridized carbons (Fsp3) is 0.0571. The molecule has 0 amide bonds. The molecule has 73 heavy (non-hydrogen) atoms. The third-order valence-corrected chi connectivity index (χ3v) is 17.4. The highest BCUT2D eigenvalue weighted by atomic mass is 32.1. The van der Waals surface area contributed by atoms with Crippen LogP contribution in [0.1, 0.15) is 47.2 Å². The van der Waals surface area contributed by atoms with E-state index in [1.54, 1.807) is 0 Å². The van der Waals surface area contributed by atoms with E-state index in [2.05, 4.69) is 261 Å². The van der Waals surface area contributed by atoms with E-state index in [1.165, 1.54) is 86.9 Å². The number of thiophene rings is 1. The van der Waals surface area contributed by atoms with Gasteiger partial charge < -0.3 is 9.32 Å². The van der Waals surface area contributed by atoms with Crippen molar-refractivity contribution in [2.24, 2.45) is 0 Å². The molecule has 2 nitrogen and oxygen atoms in total. The Morgan fingerprint density at radius 1 is 0.356 bits per heavy atom. The van der Waals surface area contributed by atoms with Crippen LogP contribution in [0.3, 0.4) is 0 Å². The lowest BCUT2D eigenvalue weighted by Crippen LogP contribution is -2.28. The molecule has 0 aliphatic heterocycles. The normalized spacial score (nSPS) is 13.8. The maximum atomic E-state index is 6.55. The van der Waals surface area contributed by atoms with Crippen LogP contribution in [0.5, 0.6) is 0 Å². The zero-order valence-corrected chi connectivity index (χ0v) is 41.3. The molecule has 2 aliphatic carbocycles. The number of hydrogen-bond acceptors (Lipinski definition) is 3. The summed E-state index contributed by atoms with van der Waals surface area (Å²) in [6, 6.07) is 92.2. The van der Waals surface area contributed by atoms with Gasteiger partial charge in [0.15, 0.2) is 0 Å². The first-order valence-corrected chi connectivity index (χ1v) is 26.1. The van der Waals surface area contributed by atoms with Crippen molar-refractivity contribution in [2.75, 3.05) is 4.90 Å². The van der Waals surface area contributed by atoms with Crippen molar-refractivity contribution < 1.29 is 4.42 Å². The molecule has 2 aliphatic rings. The van der Waals surface area contributed by atoms with Crippen LogP contribution in [-0.4, -0.2) is 0 Å². The lowest BCUT2D eigenvalue weighted by molar-refractivity contribution is 0.660. The number of fused-ring (bicyclic) bond motifs is 12. The molecule has 11 aromatic carbocycles. The summed E-state index contributed by atoms with van der Waals surface area (Å²) >= 11 is 1.90. The van der Waals surface area contributed by atoms with Crippen LogP contribution in [0.2, 0.25) is 0 Å². The summed E-state index contributed by atoms with van der Waals surface area (Å²) in [4.78, 5) is 2.46. The van der Waals surface area contributed by atoms with Gasteiger partial charge in [-0.25, -0.2) is 0 Å². The van der Waals surface area contributed by atoms with E-state index in [0.717, 1.165) is 50.1 Å². The molecule has 0 saturated heterocycles. The van der Waals surface area contributed by atoms with Gasteiger partial charge >= 0.3 is 0 Å². The van der Waals surface area contributed by atoms with Crippen LogP contribution in [0.15, 0.2) is 253 Å². The van der Waals surface area contributed by atoms with Crippen LogP contribution in [0.25, 0.3) is 86.6 Å². The quantitative estimate of drug-likeness (QED) is 0.158. The predicted octanol–water partition coefficient (Wildman–Crippen LogP) is 19.4. The zero-order valence-electron chi connectivity index (χ0n) is 40.4. The van der Waals surface area contributed by atoms with E-state index in [-0.39, 0.29) is 5.41 Å². The molecule has 344 valence electrons. The topological polar surface area (TPSA) is 16.4 Å². The third-order valence-electron chi connectivity index (χ3n) is 16.2. The summed E-state index contributed by atoms with van der Waals surface area (Å²) in [5.41, 5.74) is 22.0. The highest BCUT2D eigenvalue weighted by Gasteiger charge is 2.46. The number of para-hydroxylation sites is 2. The molecule has 0 saturated carbocycles. The van der Waals surface area contributed by atoms with Crippen molar-refractivity contribution in [3.8, 4) is 44.5 Å². The van der Waals surface area contributed by atoms with Crippen molar-refractivity contribution in [1.82, 2.24) is 0 Å². The standard InChI is InChI=1S/C70H47NOS/c1-69(2)63-41-45(52-25-16-27-59-57-23-11-14-30-66(57)73-68(52)59)33-38-54(63)55-39-36-50(43-64(55)69)71(48-34-31-44(32-35-48)51-24-15-26-58-56-22-10-13-29-65(56)72-67(51)58)49-37-40-62-60(42-49)53-21-9-12-28-61(53)70(62,46-17-5-3-6-18-46)47-19-7-4-8-20-47/h3-43H,1-2H3. The Hall–Kier alpha value is -8.76. The molecule has 0 radical (unpaired) electrons. The van der Waals surface area contributed by atoms with Gasteiger partial charge in [0.25, 0.3) is 0 Å². The van der Waals surface area contributed by atoms with Crippen LogP contribution in [-0.2, 0) is 10.8 Å².